The maximum atomic E-state index is 12.5. The Bertz CT molecular complexity index is 768. The molecule has 2 N–H and O–H groups in total. The lowest BCUT2D eigenvalue weighted by atomic mass is 9.91. The predicted molar refractivity (Wildman–Crippen MR) is 90.4 cm³/mol. The zero-order chi connectivity index (χ0) is 17.9. The van der Waals surface area contributed by atoms with Crippen LogP contribution in [0.5, 0.6) is 11.5 Å². The monoisotopic (exact) mass is 344 g/mol. The molecule has 7 heteroatoms. The van der Waals surface area contributed by atoms with Gasteiger partial charge in [0.2, 0.25) is 11.8 Å². The van der Waals surface area contributed by atoms with Gasteiger partial charge >= 0.3 is 0 Å². The van der Waals surface area contributed by atoms with E-state index in [1.807, 2.05) is 0 Å². The summed E-state index contributed by atoms with van der Waals surface area (Å²) in [4.78, 5) is 24.9. The van der Waals surface area contributed by atoms with Crippen LogP contribution >= 0.6 is 0 Å². The van der Waals surface area contributed by atoms with Crippen LogP contribution in [0.2, 0.25) is 0 Å². The quantitative estimate of drug-likeness (QED) is 0.813. The lowest BCUT2D eigenvalue weighted by Gasteiger charge is -2.23. The summed E-state index contributed by atoms with van der Waals surface area (Å²) in [5.41, 5.74) is -0.707. The second-order valence-electron chi connectivity index (χ2n) is 6.20. The molecule has 0 spiro atoms. The summed E-state index contributed by atoms with van der Waals surface area (Å²) in [5, 5.41) is 5.45. The molecule has 3 rings (SSSR count). The van der Waals surface area contributed by atoms with Gasteiger partial charge in [0.1, 0.15) is 24.4 Å². The van der Waals surface area contributed by atoms with Gasteiger partial charge in [0, 0.05) is 11.8 Å². The molecule has 25 heavy (non-hydrogen) atoms. The molecule has 1 aromatic carbocycles. The van der Waals surface area contributed by atoms with Gasteiger partial charge < -0.3 is 24.5 Å². The van der Waals surface area contributed by atoms with Crippen LogP contribution in [0.25, 0.3) is 0 Å². The first-order valence-electron chi connectivity index (χ1n) is 7.98. The molecule has 2 aromatic rings. The molecule has 0 bridgehead atoms. The minimum atomic E-state index is -1.25. The zero-order valence-electron chi connectivity index (χ0n) is 14.1. The smallest absolute Gasteiger partial charge is 0.239 e. The van der Waals surface area contributed by atoms with Gasteiger partial charge in [-0.1, -0.05) is 0 Å². The van der Waals surface area contributed by atoms with Gasteiger partial charge in [-0.15, -0.1) is 0 Å². The fourth-order valence-corrected chi connectivity index (χ4v) is 2.31. The number of ether oxygens (including phenoxy) is 2. The maximum absolute atomic E-state index is 12.5. The molecule has 2 heterocycles. The summed E-state index contributed by atoms with van der Waals surface area (Å²) >= 11 is 0. The van der Waals surface area contributed by atoms with E-state index in [-0.39, 0.29) is 12.5 Å². The number of furan rings is 1. The number of hydrogen-bond acceptors (Lipinski definition) is 5. The highest BCUT2D eigenvalue weighted by molar-refractivity contribution is 6.09. The van der Waals surface area contributed by atoms with E-state index in [9.17, 15) is 9.59 Å². The second kappa shape index (κ2) is 6.88. The van der Waals surface area contributed by atoms with Crippen LogP contribution in [-0.2, 0) is 16.1 Å². The molecule has 0 saturated heterocycles. The van der Waals surface area contributed by atoms with Gasteiger partial charge in [0.15, 0.2) is 11.5 Å². The van der Waals surface area contributed by atoms with Gasteiger partial charge in [0.25, 0.3) is 0 Å². The normalized spacial score (nSPS) is 13.2. The van der Waals surface area contributed by atoms with E-state index in [0.717, 1.165) is 0 Å². The first-order chi connectivity index (χ1) is 12.0. The number of carbonyl (C=O) groups is 2. The molecule has 2 amide bonds. The van der Waals surface area contributed by atoms with Crippen molar-refractivity contribution in [1.82, 2.24) is 5.32 Å². The highest BCUT2D eigenvalue weighted by atomic mass is 16.6. The van der Waals surface area contributed by atoms with Crippen LogP contribution in [0.4, 0.5) is 5.69 Å². The molecule has 1 aromatic heterocycles. The van der Waals surface area contributed by atoms with Gasteiger partial charge in [-0.3, -0.25) is 9.59 Å². The number of benzene rings is 1. The number of hydrogen-bond donors (Lipinski definition) is 2. The second-order valence-corrected chi connectivity index (χ2v) is 6.20. The van der Waals surface area contributed by atoms with Crippen LogP contribution in [0, 0.1) is 5.41 Å². The number of rotatable bonds is 5. The lowest BCUT2D eigenvalue weighted by Crippen LogP contribution is -2.44. The molecular formula is C18H20N2O5. The summed E-state index contributed by atoms with van der Waals surface area (Å²) in [6.07, 6.45) is 1.53. The highest BCUT2D eigenvalue weighted by Gasteiger charge is 2.36. The minimum absolute atomic E-state index is 0.229. The van der Waals surface area contributed by atoms with E-state index >= 15 is 0 Å². The standard InChI is InChI=1S/C18H20N2O5/c1-18(2,16(21)19-11-13-4-3-7-23-13)17(22)20-12-5-6-14-15(10-12)25-9-8-24-14/h3-7,10H,8-9,11H2,1-2H3,(H,19,21)(H,20,22). The summed E-state index contributed by atoms with van der Waals surface area (Å²) in [7, 11) is 0. The van der Waals surface area contributed by atoms with Crippen LogP contribution in [0.15, 0.2) is 41.0 Å². The maximum Gasteiger partial charge on any atom is 0.239 e. The molecule has 0 radical (unpaired) electrons. The number of anilines is 1. The third-order valence-corrected chi connectivity index (χ3v) is 3.94. The summed E-state index contributed by atoms with van der Waals surface area (Å²) in [5.74, 6) is 1.03. The summed E-state index contributed by atoms with van der Waals surface area (Å²) in [6, 6.07) is 8.61. The SMILES string of the molecule is CC(C)(C(=O)NCc1ccco1)C(=O)Nc1ccc2c(c1)OCCO2. The lowest BCUT2D eigenvalue weighted by molar-refractivity contribution is -0.138. The predicted octanol–water partition coefficient (Wildman–Crippen LogP) is 2.33. The van der Waals surface area contributed by atoms with Gasteiger partial charge in [0.05, 0.1) is 12.8 Å². The van der Waals surface area contributed by atoms with Crippen molar-refractivity contribution in [2.45, 2.75) is 20.4 Å². The average molecular weight is 344 g/mol. The van der Waals surface area contributed by atoms with Gasteiger partial charge in [-0.05, 0) is 38.1 Å². The molecular weight excluding hydrogens is 324 g/mol. The van der Waals surface area contributed by atoms with Crippen molar-refractivity contribution in [2.75, 3.05) is 18.5 Å². The molecule has 132 valence electrons. The van der Waals surface area contributed by atoms with Crippen LogP contribution in [-0.4, -0.2) is 25.0 Å². The zero-order valence-corrected chi connectivity index (χ0v) is 14.1. The average Bonchev–Trinajstić information content (AvgIpc) is 3.13. The van der Waals surface area contributed by atoms with Crippen LogP contribution in [0.1, 0.15) is 19.6 Å². The molecule has 0 aliphatic carbocycles. The molecule has 0 unspecified atom stereocenters. The molecule has 0 fully saturated rings. The number of amides is 2. The Labute approximate surface area is 145 Å². The Hall–Kier alpha value is -2.96. The highest BCUT2D eigenvalue weighted by Crippen LogP contribution is 2.33. The van der Waals surface area contributed by atoms with Crippen molar-refractivity contribution in [3.05, 3.63) is 42.4 Å². The van der Waals surface area contributed by atoms with Crippen LogP contribution < -0.4 is 20.1 Å². The minimum Gasteiger partial charge on any atom is -0.486 e. The van der Waals surface area contributed by atoms with E-state index in [4.69, 9.17) is 13.9 Å². The van der Waals surface area contributed by atoms with Crippen molar-refractivity contribution < 1.29 is 23.5 Å². The van der Waals surface area contributed by atoms with E-state index in [2.05, 4.69) is 10.6 Å². The first kappa shape index (κ1) is 16.9. The topological polar surface area (TPSA) is 89.8 Å². The molecule has 7 nitrogen and oxygen atoms in total. The van der Waals surface area contributed by atoms with Crippen molar-refractivity contribution in [3.8, 4) is 11.5 Å². The molecule has 0 saturated carbocycles. The van der Waals surface area contributed by atoms with E-state index < -0.39 is 11.3 Å². The Morgan fingerprint density at radius 2 is 1.84 bits per heavy atom. The Kier molecular flexibility index (Phi) is 4.65. The summed E-state index contributed by atoms with van der Waals surface area (Å²) in [6.45, 7) is 4.33. The van der Waals surface area contributed by atoms with Crippen molar-refractivity contribution in [1.29, 1.82) is 0 Å². The summed E-state index contributed by atoms with van der Waals surface area (Å²) < 4.78 is 16.1. The number of carbonyl (C=O) groups excluding carboxylic acids is 2. The van der Waals surface area contributed by atoms with Crippen LogP contribution in [0.3, 0.4) is 0 Å². The van der Waals surface area contributed by atoms with E-state index in [1.165, 1.54) is 6.26 Å². The van der Waals surface area contributed by atoms with E-state index in [1.54, 1.807) is 44.2 Å². The van der Waals surface area contributed by atoms with Gasteiger partial charge in [-0.2, -0.15) is 0 Å². The number of fused-ring (bicyclic) bond motifs is 1. The third kappa shape index (κ3) is 3.76. The first-order valence-corrected chi connectivity index (χ1v) is 7.98. The number of nitrogens with one attached hydrogen (secondary N) is 2. The van der Waals surface area contributed by atoms with Crippen molar-refractivity contribution in [2.24, 2.45) is 5.41 Å². The Morgan fingerprint density at radius 3 is 2.56 bits per heavy atom. The Morgan fingerprint density at radius 1 is 1.08 bits per heavy atom. The van der Waals surface area contributed by atoms with E-state index in [0.29, 0.717) is 36.2 Å². The molecule has 1 aliphatic heterocycles. The van der Waals surface area contributed by atoms with Gasteiger partial charge in [-0.25, -0.2) is 0 Å². The fourth-order valence-electron chi connectivity index (χ4n) is 2.31. The molecule has 0 atom stereocenters. The third-order valence-electron chi connectivity index (χ3n) is 3.94. The largest absolute Gasteiger partial charge is 0.486 e. The van der Waals surface area contributed by atoms with Crippen molar-refractivity contribution >= 4 is 17.5 Å². The fraction of sp³-hybridized carbons (Fsp3) is 0.333. The van der Waals surface area contributed by atoms with Crippen molar-refractivity contribution in [3.63, 3.8) is 0 Å². The Balaban J connectivity index is 1.63. The molecule has 1 aliphatic rings.